The van der Waals surface area contributed by atoms with Crippen LogP contribution in [0, 0.1) is 0 Å². The minimum atomic E-state index is -1.55. The highest BCUT2D eigenvalue weighted by atomic mass is 16.4. The van der Waals surface area contributed by atoms with Crippen LogP contribution in [0.15, 0.2) is 30.3 Å². The summed E-state index contributed by atoms with van der Waals surface area (Å²) in [5, 5.41) is 25.2. The topological polar surface area (TPSA) is 274 Å². The number of benzene rings is 1. The molecule has 0 aromatic heterocycles. The number of amides is 5. The molecule has 4 atom stereocenters. The van der Waals surface area contributed by atoms with Crippen LogP contribution < -0.4 is 33.2 Å². The molecular formula is C24H34N6O9. The lowest BCUT2D eigenvalue weighted by Gasteiger charge is -2.25. The Kier molecular flexibility index (Phi) is 13.6. The molecule has 15 heteroatoms. The Labute approximate surface area is 223 Å². The fourth-order valence-electron chi connectivity index (χ4n) is 3.42. The second-order valence-electron chi connectivity index (χ2n) is 8.76. The number of hydrogen-bond acceptors (Lipinski definition) is 8. The van der Waals surface area contributed by atoms with Crippen LogP contribution in [-0.4, -0.2) is 75.9 Å². The predicted molar refractivity (Wildman–Crippen MR) is 135 cm³/mol. The molecule has 1 rings (SSSR count). The summed E-state index contributed by atoms with van der Waals surface area (Å²) in [7, 11) is 0. The Balaban J connectivity index is 3.03. The Morgan fingerprint density at radius 1 is 0.667 bits per heavy atom. The van der Waals surface area contributed by atoms with Gasteiger partial charge in [0.2, 0.25) is 29.5 Å². The summed E-state index contributed by atoms with van der Waals surface area (Å²) in [5.41, 5.74) is 16.9. The van der Waals surface area contributed by atoms with Crippen molar-refractivity contribution in [1.82, 2.24) is 16.0 Å². The molecule has 0 aliphatic heterocycles. The molecule has 11 N–H and O–H groups in total. The van der Waals surface area contributed by atoms with Crippen LogP contribution in [0.25, 0.3) is 0 Å². The zero-order valence-electron chi connectivity index (χ0n) is 21.1. The van der Waals surface area contributed by atoms with Crippen LogP contribution in [0.3, 0.4) is 0 Å². The maximum Gasteiger partial charge on any atom is 0.326 e. The first-order valence-electron chi connectivity index (χ1n) is 12.0. The van der Waals surface area contributed by atoms with Gasteiger partial charge in [-0.1, -0.05) is 30.3 Å². The molecule has 39 heavy (non-hydrogen) atoms. The van der Waals surface area contributed by atoms with Crippen molar-refractivity contribution in [2.24, 2.45) is 17.2 Å². The van der Waals surface area contributed by atoms with E-state index in [1.807, 2.05) is 0 Å². The molecule has 0 bridgehead atoms. The summed E-state index contributed by atoms with van der Waals surface area (Å²) in [6, 6.07) is 3.29. The summed E-state index contributed by atoms with van der Waals surface area (Å²) in [4.78, 5) is 83.4. The van der Waals surface area contributed by atoms with Gasteiger partial charge in [0.05, 0.1) is 6.04 Å². The van der Waals surface area contributed by atoms with Gasteiger partial charge in [0.1, 0.15) is 18.1 Å². The van der Waals surface area contributed by atoms with Gasteiger partial charge in [0.15, 0.2) is 0 Å². The second-order valence-corrected chi connectivity index (χ2v) is 8.76. The third-order valence-electron chi connectivity index (χ3n) is 5.52. The smallest absolute Gasteiger partial charge is 0.326 e. The largest absolute Gasteiger partial charge is 0.481 e. The van der Waals surface area contributed by atoms with E-state index in [1.165, 1.54) is 0 Å². The molecule has 0 spiro atoms. The number of carboxylic acids is 2. The standard InChI is InChI=1S/C24H34N6O9/c25-14(12-13-4-2-1-3-5-13)21(35)28-15(6-9-18(26)31)22(36)29-16(8-11-20(33)34)23(37)30-17(24(38)39)7-10-19(27)32/h1-5,14-17H,6-12,25H2,(H2,26,31)(H2,27,32)(H,28,35)(H,29,36)(H,30,37)(H,33,34)(H,38,39). The molecule has 5 amide bonds. The molecule has 4 unspecified atom stereocenters. The van der Waals surface area contributed by atoms with Gasteiger partial charge in [0.25, 0.3) is 0 Å². The highest BCUT2D eigenvalue weighted by molar-refractivity contribution is 5.94. The number of nitrogens with two attached hydrogens (primary N) is 3. The van der Waals surface area contributed by atoms with Gasteiger partial charge < -0.3 is 43.4 Å². The maximum absolute atomic E-state index is 13.0. The van der Waals surface area contributed by atoms with Gasteiger partial charge in [-0.05, 0) is 31.2 Å². The van der Waals surface area contributed by atoms with Crippen molar-refractivity contribution in [1.29, 1.82) is 0 Å². The maximum atomic E-state index is 13.0. The van der Waals surface area contributed by atoms with Crippen LogP contribution in [0.2, 0.25) is 0 Å². The zero-order chi connectivity index (χ0) is 29.5. The van der Waals surface area contributed by atoms with Crippen LogP contribution in [0.1, 0.15) is 44.1 Å². The quantitative estimate of drug-likeness (QED) is 0.0950. The molecule has 0 fully saturated rings. The summed E-state index contributed by atoms with van der Waals surface area (Å²) >= 11 is 0. The van der Waals surface area contributed by atoms with E-state index < -0.39 is 78.5 Å². The first kappa shape index (κ1) is 32.5. The number of hydrogen-bond donors (Lipinski definition) is 8. The van der Waals surface area contributed by atoms with Crippen molar-refractivity contribution in [2.45, 2.75) is 69.1 Å². The zero-order valence-corrected chi connectivity index (χ0v) is 21.1. The van der Waals surface area contributed by atoms with E-state index in [-0.39, 0.29) is 32.1 Å². The van der Waals surface area contributed by atoms with Crippen molar-refractivity contribution >= 4 is 41.5 Å². The van der Waals surface area contributed by atoms with Gasteiger partial charge >= 0.3 is 11.9 Å². The van der Waals surface area contributed by atoms with Crippen LogP contribution in [-0.2, 0) is 40.0 Å². The van der Waals surface area contributed by atoms with Gasteiger partial charge in [-0.15, -0.1) is 0 Å². The van der Waals surface area contributed by atoms with E-state index in [1.54, 1.807) is 30.3 Å². The second kappa shape index (κ2) is 16.3. The highest BCUT2D eigenvalue weighted by Gasteiger charge is 2.31. The number of carboxylic acid groups (broad SMARTS) is 2. The molecule has 0 heterocycles. The van der Waals surface area contributed by atoms with Crippen LogP contribution in [0.5, 0.6) is 0 Å². The molecule has 0 radical (unpaired) electrons. The van der Waals surface area contributed by atoms with Gasteiger partial charge in [-0.2, -0.15) is 0 Å². The summed E-state index contributed by atoms with van der Waals surface area (Å²) in [5.74, 6) is -7.07. The molecule has 0 saturated heterocycles. The Hall–Kier alpha value is -4.53. The lowest BCUT2D eigenvalue weighted by molar-refractivity contribution is -0.143. The number of carbonyl (C=O) groups is 7. The number of rotatable bonds is 18. The van der Waals surface area contributed by atoms with E-state index in [0.717, 1.165) is 5.56 Å². The van der Waals surface area contributed by atoms with Crippen molar-refractivity contribution in [3.05, 3.63) is 35.9 Å². The molecule has 0 aliphatic carbocycles. The summed E-state index contributed by atoms with van der Waals surface area (Å²) in [6.07, 6.45) is -2.12. The van der Waals surface area contributed by atoms with E-state index in [4.69, 9.17) is 22.3 Å². The highest BCUT2D eigenvalue weighted by Crippen LogP contribution is 2.07. The Morgan fingerprint density at radius 2 is 1.10 bits per heavy atom. The van der Waals surface area contributed by atoms with Crippen molar-refractivity contribution in [3.63, 3.8) is 0 Å². The molecule has 214 valence electrons. The predicted octanol–water partition coefficient (Wildman–Crippen LogP) is -2.51. The third kappa shape index (κ3) is 13.0. The van der Waals surface area contributed by atoms with Gasteiger partial charge in [0, 0.05) is 19.3 Å². The number of primary amides is 2. The summed E-state index contributed by atoms with van der Waals surface area (Å²) in [6.45, 7) is 0. The first-order valence-corrected chi connectivity index (χ1v) is 12.0. The minimum absolute atomic E-state index is 0.141. The molecular weight excluding hydrogens is 516 g/mol. The lowest BCUT2D eigenvalue weighted by atomic mass is 10.0. The van der Waals surface area contributed by atoms with Gasteiger partial charge in [-0.3, -0.25) is 28.8 Å². The first-order chi connectivity index (χ1) is 18.3. The fourth-order valence-corrected chi connectivity index (χ4v) is 3.42. The Morgan fingerprint density at radius 3 is 1.56 bits per heavy atom. The fraction of sp³-hybridized carbons (Fsp3) is 0.458. The van der Waals surface area contributed by atoms with E-state index in [0.29, 0.717) is 0 Å². The van der Waals surface area contributed by atoms with Crippen LogP contribution >= 0.6 is 0 Å². The molecule has 1 aromatic carbocycles. The number of nitrogens with one attached hydrogen (secondary N) is 3. The monoisotopic (exact) mass is 550 g/mol. The van der Waals surface area contributed by atoms with Crippen LogP contribution in [0.4, 0.5) is 0 Å². The SMILES string of the molecule is NC(=O)CCC(NC(=O)C(CCC(=O)O)NC(=O)C(CCC(N)=O)NC(=O)C(N)Cc1ccccc1)C(=O)O. The summed E-state index contributed by atoms with van der Waals surface area (Å²) < 4.78 is 0. The average Bonchev–Trinajstić information content (AvgIpc) is 2.86. The van der Waals surface area contributed by atoms with Crippen molar-refractivity contribution in [3.8, 4) is 0 Å². The van der Waals surface area contributed by atoms with Crippen molar-refractivity contribution in [2.75, 3.05) is 0 Å². The normalized spacial score (nSPS) is 13.7. The Bertz CT molecular complexity index is 1050. The van der Waals surface area contributed by atoms with E-state index in [2.05, 4.69) is 16.0 Å². The molecule has 0 saturated carbocycles. The minimum Gasteiger partial charge on any atom is -0.481 e. The third-order valence-corrected chi connectivity index (χ3v) is 5.52. The lowest BCUT2D eigenvalue weighted by Crippen LogP contribution is -2.57. The number of carbonyl (C=O) groups excluding carboxylic acids is 5. The molecule has 15 nitrogen and oxygen atoms in total. The number of aliphatic carboxylic acids is 2. The van der Waals surface area contributed by atoms with E-state index in [9.17, 15) is 38.7 Å². The van der Waals surface area contributed by atoms with E-state index >= 15 is 0 Å². The molecule has 1 aromatic rings. The average molecular weight is 551 g/mol. The molecule has 0 aliphatic rings. The van der Waals surface area contributed by atoms with Gasteiger partial charge in [-0.25, -0.2) is 4.79 Å². The van der Waals surface area contributed by atoms with Crippen molar-refractivity contribution < 1.29 is 43.8 Å².